The van der Waals surface area contributed by atoms with Crippen molar-refractivity contribution in [3.05, 3.63) is 29.3 Å². The zero-order valence-electron chi connectivity index (χ0n) is 11.4. The van der Waals surface area contributed by atoms with Crippen LogP contribution in [0.5, 0.6) is 5.75 Å². The van der Waals surface area contributed by atoms with E-state index in [2.05, 4.69) is 37.4 Å². The quantitative estimate of drug-likeness (QED) is 0.813. The maximum Gasteiger partial charge on any atom is 0.119 e. The molecule has 0 amide bonds. The minimum atomic E-state index is 0.411. The third-order valence-corrected chi connectivity index (χ3v) is 3.19. The SMILES string of the molecule is Cc1cc(C)cc(OCCOC2CCNCC2)c1. The van der Waals surface area contributed by atoms with E-state index in [0.717, 1.165) is 31.7 Å². The molecule has 2 rings (SSSR count). The van der Waals surface area contributed by atoms with E-state index in [9.17, 15) is 0 Å². The number of ether oxygens (including phenoxy) is 2. The summed E-state index contributed by atoms with van der Waals surface area (Å²) in [6.45, 7) is 7.63. The molecular formula is C15H23NO2. The molecular weight excluding hydrogens is 226 g/mol. The van der Waals surface area contributed by atoms with Gasteiger partial charge in [0.05, 0.1) is 12.7 Å². The lowest BCUT2D eigenvalue weighted by Crippen LogP contribution is -2.33. The zero-order chi connectivity index (χ0) is 12.8. The molecule has 0 aromatic heterocycles. The molecule has 1 aromatic carbocycles. The first-order chi connectivity index (χ1) is 8.74. The van der Waals surface area contributed by atoms with Crippen molar-refractivity contribution in [2.45, 2.75) is 32.8 Å². The molecule has 0 saturated carbocycles. The van der Waals surface area contributed by atoms with Crippen LogP contribution in [-0.2, 0) is 4.74 Å². The molecule has 3 heteroatoms. The molecule has 1 saturated heterocycles. The third-order valence-electron chi connectivity index (χ3n) is 3.19. The van der Waals surface area contributed by atoms with Crippen LogP contribution in [0.3, 0.4) is 0 Å². The van der Waals surface area contributed by atoms with Gasteiger partial charge in [-0.2, -0.15) is 0 Å². The van der Waals surface area contributed by atoms with E-state index in [-0.39, 0.29) is 0 Å². The number of rotatable bonds is 5. The summed E-state index contributed by atoms with van der Waals surface area (Å²) in [7, 11) is 0. The summed E-state index contributed by atoms with van der Waals surface area (Å²) in [5.74, 6) is 0.946. The Labute approximate surface area is 109 Å². The molecule has 1 aromatic rings. The number of hydrogen-bond donors (Lipinski definition) is 1. The minimum absolute atomic E-state index is 0.411. The van der Waals surface area contributed by atoms with Crippen molar-refractivity contribution in [3.8, 4) is 5.75 Å². The lowest BCUT2D eigenvalue weighted by molar-refractivity contribution is 0.0168. The molecule has 0 radical (unpaired) electrons. The Morgan fingerprint density at radius 3 is 2.39 bits per heavy atom. The van der Waals surface area contributed by atoms with E-state index in [1.165, 1.54) is 11.1 Å². The highest BCUT2D eigenvalue weighted by atomic mass is 16.5. The van der Waals surface area contributed by atoms with Crippen LogP contribution < -0.4 is 10.1 Å². The van der Waals surface area contributed by atoms with Gasteiger partial charge in [0, 0.05) is 0 Å². The van der Waals surface area contributed by atoms with E-state index < -0.39 is 0 Å². The second-order valence-corrected chi connectivity index (χ2v) is 4.99. The molecule has 1 aliphatic heterocycles. The largest absolute Gasteiger partial charge is 0.491 e. The van der Waals surface area contributed by atoms with Gasteiger partial charge in [-0.05, 0) is 63.0 Å². The Morgan fingerprint density at radius 2 is 1.72 bits per heavy atom. The second-order valence-electron chi connectivity index (χ2n) is 4.99. The van der Waals surface area contributed by atoms with Gasteiger partial charge in [-0.1, -0.05) is 6.07 Å². The van der Waals surface area contributed by atoms with Gasteiger partial charge in [0.1, 0.15) is 12.4 Å². The van der Waals surface area contributed by atoms with Crippen molar-refractivity contribution in [1.82, 2.24) is 5.32 Å². The van der Waals surface area contributed by atoms with E-state index in [1.54, 1.807) is 0 Å². The molecule has 1 fully saturated rings. The van der Waals surface area contributed by atoms with Crippen molar-refractivity contribution in [1.29, 1.82) is 0 Å². The van der Waals surface area contributed by atoms with Gasteiger partial charge in [0.25, 0.3) is 0 Å². The number of piperidine rings is 1. The summed E-state index contributed by atoms with van der Waals surface area (Å²) in [4.78, 5) is 0. The van der Waals surface area contributed by atoms with Crippen molar-refractivity contribution < 1.29 is 9.47 Å². The number of aryl methyl sites for hydroxylation is 2. The summed E-state index contributed by atoms with van der Waals surface area (Å²) >= 11 is 0. The Bertz CT molecular complexity index is 353. The number of nitrogens with one attached hydrogen (secondary N) is 1. The summed E-state index contributed by atoms with van der Waals surface area (Å²) in [5.41, 5.74) is 2.48. The average molecular weight is 249 g/mol. The van der Waals surface area contributed by atoms with Crippen LogP contribution in [0.4, 0.5) is 0 Å². The van der Waals surface area contributed by atoms with Crippen LogP contribution in [-0.4, -0.2) is 32.4 Å². The highest BCUT2D eigenvalue weighted by Crippen LogP contribution is 2.16. The predicted octanol–water partition coefficient (Wildman–Crippen LogP) is 2.45. The summed E-state index contributed by atoms with van der Waals surface area (Å²) < 4.78 is 11.5. The Hall–Kier alpha value is -1.06. The standard InChI is InChI=1S/C15H23NO2/c1-12-9-13(2)11-15(10-12)18-8-7-17-14-3-5-16-6-4-14/h9-11,14,16H,3-8H2,1-2H3. The first-order valence-corrected chi connectivity index (χ1v) is 6.77. The van der Waals surface area contributed by atoms with Gasteiger partial charge >= 0.3 is 0 Å². The lowest BCUT2D eigenvalue weighted by Gasteiger charge is -2.22. The van der Waals surface area contributed by atoms with Crippen LogP contribution in [0.25, 0.3) is 0 Å². The normalized spacial score (nSPS) is 16.8. The molecule has 18 heavy (non-hydrogen) atoms. The molecule has 0 bridgehead atoms. The van der Waals surface area contributed by atoms with E-state index in [0.29, 0.717) is 19.3 Å². The predicted molar refractivity (Wildman–Crippen MR) is 73.3 cm³/mol. The first kappa shape index (κ1) is 13.4. The van der Waals surface area contributed by atoms with Crippen LogP contribution in [0.1, 0.15) is 24.0 Å². The average Bonchev–Trinajstić information content (AvgIpc) is 2.35. The minimum Gasteiger partial charge on any atom is -0.491 e. The van der Waals surface area contributed by atoms with E-state index >= 15 is 0 Å². The third kappa shape index (κ3) is 4.31. The highest BCUT2D eigenvalue weighted by molar-refractivity contribution is 5.32. The smallest absolute Gasteiger partial charge is 0.119 e. The highest BCUT2D eigenvalue weighted by Gasteiger charge is 2.12. The van der Waals surface area contributed by atoms with Gasteiger partial charge in [-0.3, -0.25) is 0 Å². The van der Waals surface area contributed by atoms with Gasteiger partial charge in [-0.15, -0.1) is 0 Å². The lowest BCUT2D eigenvalue weighted by atomic mass is 10.1. The monoisotopic (exact) mass is 249 g/mol. The van der Waals surface area contributed by atoms with Gasteiger partial charge in [0.2, 0.25) is 0 Å². The first-order valence-electron chi connectivity index (χ1n) is 6.77. The number of benzene rings is 1. The van der Waals surface area contributed by atoms with Gasteiger partial charge < -0.3 is 14.8 Å². The Balaban J connectivity index is 1.68. The maximum absolute atomic E-state index is 5.80. The summed E-state index contributed by atoms with van der Waals surface area (Å²) in [5, 5.41) is 3.33. The molecule has 0 unspecified atom stereocenters. The van der Waals surface area contributed by atoms with Crippen molar-refractivity contribution in [2.75, 3.05) is 26.3 Å². The maximum atomic E-state index is 5.80. The van der Waals surface area contributed by atoms with E-state index in [4.69, 9.17) is 9.47 Å². The topological polar surface area (TPSA) is 30.5 Å². The zero-order valence-corrected chi connectivity index (χ0v) is 11.4. The fourth-order valence-electron chi connectivity index (χ4n) is 2.35. The van der Waals surface area contributed by atoms with Gasteiger partial charge in [-0.25, -0.2) is 0 Å². The molecule has 3 nitrogen and oxygen atoms in total. The fraction of sp³-hybridized carbons (Fsp3) is 0.600. The second kappa shape index (κ2) is 6.76. The summed E-state index contributed by atoms with van der Waals surface area (Å²) in [6, 6.07) is 6.29. The Morgan fingerprint density at radius 1 is 1.06 bits per heavy atom. The Kier molecular flexibility index (Phi) is 5.02. The van der Waals surface area contributed by atoms with Crippen molar-refractivity contribution in [3.63, 3.8) is 0 Å². The van der Waals surface area contributed by atoms with Crippen LogP contribution >= 0.6 is 0 Å². The number of hydrogen-bond acceptors (Lipinski definition) is 3. The molecule has 1 heterocycles. The van der Waals surface area contributed by atoms with Crippen LogP contribution in [0, 0.1) is 13.8 Å². The molecule has 100 valence electrons. The fourth-order valence-corrected chi connectivity index (χ4v) is 2.35. The molecule has 0 spiro atoms. The molecule has 0 atom stereocenters. The van der Waals surface area contributed by atoms with Gasteiger partial charge in [0.15, 0.2) is 0 Å². The molecule has 1 aliphatic rings. The van der Waals surface area contributed by atoms with Crippen molar-refractivity contribution >= 4 is 0 Å². The molecule has 1 N–H and O–H groups in total. The van der Waals surface area contributed by atoms with Crippen LogP contribution in [0.2, 0.25) is 0 Å². The summed E-state index contributed by atoms with van der Waals surface area (Å²) in [6.07, 6.45) is 2.64. The van der Waals surface area contributed by atoms with Crippen LogP contribution in [0.15, 0.2) is 18.2 Å². The van der Waals surface area contributed by atoms with Crippen molar-refractivity contribution in [2.24, 2.45) is 0 Å². The van der Waals surface area contributed by atoms with E-state index in [1.807, 2.05) is 0 Å². The molecule has 0 aliphatic carbocycles.